The van der Waals surface area contributed by atoms with Crippen molar-refractivity contribution in [2.24, 2.45) is 0 Å². The molecule has 0 aliphatic heterocycles. The van der Waals surface area contributed by atoms with E-state index in [1.165, 1.54) is 6.92 Å². The first-order chi connectivity index (χ1) is 4.63. The van der Waals surface area contributed by atoms with Gasteiger partial charge in [0.25, 0.3) is 0 Å². The second-order valence-corrected chi connectivity index (χ2v) is 2.29. The average Bonchev–Trinajstić information content (AvgIpc) is 1.79. The minimum atomic E-state index is -2.53. The van der Waals surface area contributed by atoms with E-state index in [-0.39, 0.29) is 19.1 Å². The molecule has 0 aromatic carbocycles. The van der Waals surface area contributed by atoms with Gasteiger partial charge < -0.3 is 5.32 Å². The normalized spacial score (nSPS) is 10.8. The third-order valence-corrected chi connectivity index (χ3v) is 1.08. The Hall–Kier alpha value is -0.510. The van der Waals surface area contributed by atoms with Gasteiger partial charge in [0, 0.05) is 18.0 Å². The molecule has 0 spiro atoms. The first-order valence-corrected chi connectivity index (χ1v) is 3.79. The summed E-state index contributed by atoms with van der Waals surface area (Å²) in [6.45, 7) is 1.68. The molecule has 0 saturated carbocycles. The Kier molecular flexibility index (Phi) is 5.02. The van der Waals surface area contributed by atoms with Gasteiger partial charge in [0.05, 0.1) is 0 Å². The van der Waals surface area contributed by atoms with E-state index in [9.17, 15) is 9.36 Å². The lowest BCUT2D eigenvalue weighted by atomic mass is 10.6. The van der Waals surface area contributed by atoms with Crippen LogP contribution in [0.15, 0.2) is 0 Å². The number of hydrogen-bond acceptors (Lipinski definition) is 3. The van der Waals surface area contributed by atoms with Gasteiger partial charge in [-0.2, -0.15) is 0 Å². The van der Waals surface area contributed by atoms with E-state index in [4.69, 9.17) is 4.89 Å². The Labute approximate surface area is 59.3 Å². The lowest BCUT2D eigenvalue weighted by Gasteiger charge is -1.94. The van der Waals surface area contributed by atoms with Crippen LogP contribution in [0.5, 0.6) is 0 Å². The highest BCUT2D eigenvalue weighted by Crippen LogP contribution is 2.12. The lowest BCUT2D eigenvalue weighted by Crippen LogP contribution is -2.23. The molecule has 10 heavy (non-hydrogen) atoms. The Bertz CT molecular complexity index is 121. The molecule has 1 unspecified atom stereocenters. The van der Waals surface area contributed by atoms with E-state index in [0.717, 1.165) is 0 Å². The first kappa shape index (κ1) is 9.49. The van der Waals surface area contributed by atoms with Gasteiger partial charge in [-0.15, -0.1) is 9.42 Å². The molecule has 0 rings (SSSR count). The zero-order valence-corrected chi connectivity index (χ0v) is 6.43. The molecule has 0 heterocycles. The molecule has 0 bridgehead atoms. The fourth-order valence-electron chi connectivity index (χ4n) is 0.351. The Morgan fingerprint density at radius 3 is 2.80 bits per heavy atom. The van der Waals surface area contributed by atoms with Crippen LogP contribution in [-0.2, 0) is 13.9 Å². The van der Waals surface area contributed by atoms with Gasteiger partial charge in [-0.3, -0.25) is 4.79 Å². The average molecular weight is 166 g/mol. The first-order valence-electron chi connectivity index (χ1n) is 2.66. The predicted molar refractivity (Wildman–Crippen MR) is 34.5 cm³/mol. The number of carbonyl (C=O) groups is 1. The molecule has 0 radical (unpaired) electrons. The van der Waals surface area contributed by atoms with E-state index in [1.807, 2.05) is 0 Å². The van der Waals surface area contributed by atoms with Gasteiger partial charge >= 0.3 is 8.25 Å². The van der Waals surface area contributed by atoms with Gasteiger partial charge in [0.2, 0.25) is 5.91 Å². The van der Waals surface area contributed by atoms with Crippen LogP contribution >= 0.6 is 8.25 Å². The van der Waals surface area contributed by atoms with Crippen molar-refractivity contribution in [3.63, 3.8) is 0 Å². The van der Waals surface area contributed by atoms with Crippen molar-refractivity contribution in [1.29, 1.82) is 0 Å². The molecular formula is C4H9NO4P+. The molecule has 0 aromatic rings. The summed E-state index contributed by atoms with van der Waals surface area (Å²) in [7, 11) is -2.53. The molecule has 0 aliphatic rings. The molecule has 0 aliphatic carbocycles. The monoisotopic (exact) mass is 166 g/mol. The Balaban J connectivity index is 3.06. The highest BCUT2D eigenvalue weighted by Gasteiger charge is 2.09. The van der Waals surface area contributed by atoms with Gasteiger partial charge in [0.15, 0.2) is 0 Å². The quantitative estimate of drug-likeness (QED) is 0.447. The highest BCUT2D eigenvalue weighted by atomic mass is 31.1. The van der Waals surface area contributed by atoms with E-state index >= 15 is 0 Å². The van der Waals surface area contributed by atoms with Gasteiger partial charge in [-0.05, 0) is 0 Å². The van der Waals surface area contributed by atoms with Crippen molar-refractivity contribution >= 4 is 14.2 Å². The maximum absolute atomic E-state index is 10.2. The minimum absolute atomic E-state index is 0.0608. The standard InChI is InChI=1S/C4H8NO4P/c1-4(6)5-2-3-9-10(7)8/h2-3H2,1H3,(H-,5,6,7,8)/p+1. The summed E-state index contributed by atoms with van der Waals surface area (Å²) in [6.07, 6.45) is 0. The van der Waals surface area contributed by atoms with E-state index in [0.29, 0.717) is 0 Å². The van der Waals surface area contributed by atoms with Crippen LogP contribution in [-0.4, -0.2) is 24.0 Å². The summed E-state index contributed by atoms with van der Waals surface area (Å²) in [5, 5.41) is 2.40. The predicted octanol–water partition coefficient (Wildman–Crippen LogP) is -0.211. The van der Waals surface area contributed by atoms with Crippen LogP contribution < -0.4 is 5.32 Å². The number of hydrogen-bond donors (Lipinski definition) is 2. The van der Waals surface area contributed by atoms with Crippen LogP contribution in [0.3, 0.4) is 0 Å². The van der Waals surface area contributed by atoms with Gasteiger partial charge in [-0.25, -0.2) is 0 Å². The second-order valence-electron chi connectivity index (χ2n) is 1.55. The highest BCUT2D eigenvalue weighted by molar-refractivity contribution is 7.32. The molecular weight excluding hydrogens is 157 g/mol. The van der Waals surface area contributed by atoms with Crippen molar-refractivity contribution < 1.29 is 18.8 Å². The van der Waals surface area contributed by atoms with Crippen LogP contribution in [0, 0.1) is 0 Å². The maximum atomic E-state index is 10.2. The summed E-state index contributed by atoms with van der Waals surface area (Å²) in [5.41, 5.74) is 0. The summed E-state index contributed by atoms with van der Waals surface area (Å²) in [6, 6.07) is 0. The van der Waals surface area contributed by atoms with Crippen molar-refractivity contribution in [3.8, 4) is 0 Å². The summed E-state index contributed by atoms with van der Waals surface area (Å²) in [5.74, 6) is -0.184. The number of nitrogens with one attached hydrogen (secondary N) is 1. The fraction of sp³-hybridized carbons (Fsp3) is 0.750. The summed E-state index contributed by atoms with van der Waals surface area (Å²) < 4.78 is 14.1. The molecule has 0 fully saturated rings. The Morgan fingerprint density at radius 2 is 2.40 bits per heavy atom. The number of carbonyl (C=O) groups excluding carboxylic acids is 1. The van der Waals surface area contributed by atoms with Crippen molar-refractivity contribution in [2.75, 3.05) is 13.2 Å². The van der Waals surface area contributed by atoms with E-state index in [1.54, 1.807) is 0 Å². The number of rotatable bonds is 4. The maximum Gasteiger partial charge on any atom is 0.694 e. The zero-order chi connectivity index (χ0) is 7.98. The summed E-state index contributed by atoms with van der Waals surface area (Å²) >= 11 is 0. The molecule has 0 aromatic heterocycles. The molecule has 0 saturated heterocycles. The third-order valence-electron chi connectivity index (χ3n) is 0.678. The number of amides is 1. The molecule has 6 heteroatoms. The SMILES string of the molecule is CC(=O)NCCO[P+](=O)O. The fourth-order valence-corrected chi connectivity index (χ4v) is 0.598. The minimum Gasteiger partial charge on any atom is -0.354 e. The van der Waals surface area contributed by atoms with E-state index in [2.05, 4.69) is 9.84 Å². The zero-order valence-electron chi connectivity index (χ0n) is 5.53. The van der Waals surface area contributed by atoms with Crippen LogP contribution in [0.25, 0.3) is 0 Å². The molecule has 1 atom stereocenters. The Morgan fingerprint density at radius 1 is 1.80 bits per heavy atom. The topological polar surface area (TPSA) is 75.6 Å². The smallest absolute Gasteiger partial charge is 0.354 e. The lowest BCUT2D eigenvalue weighted by molar-refractivity contribution is -0.119. The van der Waals surface area contributed by atoms with Gasteiger partial charge in [0.1, 0.15) is 6.61 Å². The van der Waals surface area contributed by atoms with Crippen LogP contribution in [0.4, 0.5) is 0 Å². The molecule has 1 amide bonds. The van der Waals surface area contributed by atoms with Crippen LogP contribution in [0.2, 0.25) is 0 Å². The van der Waals surface area contributed by atoms with Gasteiger partial charge in [-0.1, -0.05) is 0 Å². The molecule has 58 valence electrons. The van der Waals surface area contributed by atoms with Crippen LogP contribution in [0.1, 0.15) is 6.92 Å². The van der Waals surface area contributed by atoms with E-state index < -0.39 is 8.25 Å². The van der Waals surface area contributed by atoms with Crippen molar-refractivity contribution in [1.82, 2.24) is 5.32 Å². The molecule has 5 nitrogen and oxygen atoms in total. The summed E-state index contributed by atoms with van der Waals surface area (Å²) in [4.78, 5) is 18.3. The third kappa shape index (κ3) is 7.49. The largest absolute Gasteiger partial charge is 0.694 e. The molecule has 2 N–H and O–H groups in total. The van der Waals surface area contributed by atoms with Crippen molar-refractivity contribution in [3.05, 3.63) is 0 Å². The second kappa shape index (κ2) is 5.29. The van der Waals surface area contributed by atoms with Crippen molar-refractivity contribution in [2.45, 2.75) is 6.92 Å².